The number of nitrogens with zero attached hydrogens (tertiary/aromatic N) is 1. The first-order chi connectivity index (χ1) is 10.3. The molecular formula is C13H18N2O5S2. The second-order valence-corrected chi connectivity index (χ2v) is 7.99. The molecule has 0 spiro atoms. The third-order valence-corrected chi connectivity index (χ3v) is 6.42. The molecule has 1 fully saturated rings. The van der Waals surface area contributed by atoms with E-state index in [-0.39, 0.29) is 9.77 Å². The van der Waals surface area contributed by atoms with Crippen molar-refractivity contribution < 1.29 is 23.1 Å². The van der Waals surface area contributed by atoms with E-state index in [1.165, 1.54) is 22.7 Å². The molecule has 1 aromatic rings. The summed E-state index contributed by atoms with van der Waals surface area (Å²) < 4.78 is 26.4. The van der Waals surface area contributed by atoms with Crippen molar-refractivity contribution in [2.24, 2.45) is 0 Å². The second kappa shape index (κ2) is 6.76. The van der Waals surface area contributed by atoms with Gasteiger partial charge in [0.1, 0.15) is 6.04 Å². The lowest BCUT2D eigenvalue weighted by Crippen LogP contribution is -2.38. The Morgan fingerprint density at radius 3 is 2.55 bits per heavy atom. The maximum Gasteiger partial charge on any atom is 0.325 e. The predicted octanol–water partition coefficient (Wildman–Crippen LogP) is 1.13. The molecule has 1 aliphatic rings. The highest BCUT2D eigenvalue weighted by Crippen LogP contribution is 2.25. The van der Waals surface area contributed by atoms with Crippen molar-refractivity contribution in [3.8, 4) is 0 Å². The average molecular weight is 346 g/mol. The first kappa shape index (κ1) is 16.9. The van der Waals surface area contributed by atoms with Crippen LogP contribution in [0.15, 0.2) is 16.3 Å². The van der Waals surface area contributed by atoms with Gasteiger partial charge in [0.05, 0.1) is 9.77 Å². The van der Waals surface area contributed by atoms with Gasteiger partial charge in [0.2, 0.25) is 10.0 Å². The molecule has 0 aromatic carbocycles. The zero-order chi connectivity index (χ0) is 16.3. The van der Waals surface area contributed by atoms with E-state index in [2.05, 4.69) is 5.32 Å². The van der Waals surface area contributed by atoms with Crippen LogP contribution in [-0.4, -0.2) is 48.8 Å². The number of rotatable bonds is 5. The summed E-state index contributed by atoms with van der Waals surface area (Å²) in [5, 5.41) is 12.5. The van der Waals surface area contributed by atoms with Crippen molar-refractivity contribution in [1.29, 1.82) is 0 Å². The van der Waals surface area contributed by atoms with Crippen molar-refractivity contribution in [2.45, 2.75) is 37.1 Å². The van der Waals surface area contributed by atoms with E-state index in [1.807, 2.05) is 0 Å². The fourth-order valence-electron chi connectivity index (χ4n) is 2.16. The van der Waals surface area contributed by atoms with Crippen molar-refractivity contribution in [2.75, 3.05) is 13.1 Å². The third kappa shape index (κ3) is 3.65. The lowest BCUT2D eigenvalue weighted by molar-refractivity contribution is -0.138. The Kier molecular flexibility index (Phi) is 5.20. The van der Waals surface area contributed by atoms with Crippen LogP contribution in [0.25, 0.3) is 0 Å². The average Bonchev–Trinajstić information content (AvgIpc) is 2.98. The lowest BCUT2D eigenvalue weighted by atomic mass is 10.2. The van der Waals surface area contributed by atoms with Crippen LogP contribution < -0.4 is 5.32 Å². The summed E-state index contributed by atoms with van der Waals surface area (Å²) in [5.41, 5.74) is 0. The molecule has 1 saturated heterocycles. The summed E-state index contributed by atoms with van der Waals surface area (Å²) in [6.45, 7) is 2.34. The monoisotopic (exact) mass is 346 g/mol. The first-order valence-corrected chi connectivity index (χ1v) is 9.26. The normalized spacial score (nSPS) is 17.9. The van der Waals surface area contributed by atoms with Crippen LogP contribution in [0.5, 0.6) is 0 Å². The van der Waals surface area contributed by atoms with Crippen molar-refractivity contribution >= 4 is 33.2 Å². The van der Waals surface area contributed by atoms with Crippen molar-refractivity contribution in [3.63, 3.8) is 0 Å². The largest absolute Gasteiger partial charge is 0.480 e. The molecule has 1 aliphatic heterocycles. The number of aliphatic carboxylic acids is 1. The molecule has 22 heavy (non-hydrogen) atoms. The molecule has 2 heterocycles. The number of hydrogen-bond acceptors (Lipinski definition) is 5. The Morgan fingerprint density at radius 2 is 1.95 bits per heavy atom. The van der Waals surface area contributed by atoms with E-state index in [9.17, 15) is 18.0 Å². The number of piperidine rings is 1. The predicted molar refractivity (Wildman–Crippen MR) is 81.5 cm³/mol. The van der Waals surface area contributed by atoms with Gasteiger partial charge in [-0.25, -0.2) is 8.42 Å². The van der Waals surface area contributed by atoms with Gasteiger partial charge in [0.15, 0.2) is 0 Å². The molecule has 1 aromatic heterocycles. The number of hydrogen-bond donors (Lipinski definition) is 2. The van der Waals surface area contributed by atoms with Crippen molar-refractivity contribution in [3.05, 3.63) is 16.3 Å². The van der Waals surface area contributed by atoms with Crippen LogP contribution in [0.2, 0.25) is 0 Å². The fourth-order valence-corrected chi connectivity index (χ4v) is 4.84. The maximum atomic E-state index is 12.5. The fraction of sp³-hybridized carbons (Fsp3) is 0.538. The quantitative estimate of drug-likeness (QED) is 0.832. The van der Waals surface area contributed by atoms with Crippen LogP contribution in [-0.2, 0) is 14.8 Å². The molecule has 9 heteroatoms. The number of thiophene rings is 1. The van der Waals surface area contributed by atoms with E-state index in [0.717, 1.165) is 30.6 Å². The summed E-state index contributed by atoms with van der Waals surface area (Å²) in [6, 6.07) is 0.273. The van der Waals surface area contributed by atoms with Crippen LogP contribution in [0, 0.1) is 0 Å². The van der Waals surface area contributed by atoms with Gasteiger partial charge in [0, 0.05) is 18.5 Å². The third-order valence-electron chi connectivity index (χ3n) is 3.47. The first-order valence-electron chi connectivity index (χ1n) is 6.94. The molecule has 1 atom stereocenters. The number of sulfonamides is 1. The van der Waals surface area contributed by atoms with Gasteiger partial charge < -0.3 is 10.4 Å². The van der Waals surface area contributed by atoms with E-state index >= 15 is 0 Å². The Bertz CT molecular complexity index is 662. The highest BCUT2D eigenvalue weighted by Gasteiger charge is 2.28. The smallest absolute Gasteiger partial charge is 0.325 e. The summed E-state index contributed by atoms with van der Waals surface area (Å²) >= 11 is 0.991. The molecule has 0 bridgehead atoms. The number of carbonyl (C=O) groups is 2. The van der Waals surface area contributed by atoms with E-state index < -0.39 is 27.9 Å². The van der Waals surface area contributed by atoms with Gasteiger partial charge in [-0.1, -0.05) is 6.42 Å². The molecule has 1 amide bonds. The lowest BCUT2D eigenvalue weighted by Gasteiger charge is -2.25. The van der Waals surface area contributed by atoms with E-state index in [1.54, 1.807) is 0 Å². The molecule has 0 radical (unpaired) electrons. The minimum Gasteiger partial charge on any atom is -0.480 e. The number of carbonyl (C=O) groups excluding carboxylic acids is 1. The molecule has 7 nitrogen and oxygen atoms in total. The summed E-state index contributed by atoms with van der Waals surface area (Å²) in [5.74, 6) is -1.73. The Hall–Kier alpha value is -1.45. The van der Waals surface area contributed by atoms with Gasteiger partial charge in [-0.2, -0.15) is 4.31 Å². The molecule has 0 saturated carbocycles. The van der Waals surface area contributed by atoms with Crippen LogP contribution in [0.1, 0.15) is 35.9 Å². The molecule has 0 aliphatic carbocycles. The topological polar surface area (TPSA) is 104 Å². The molecule has 2 N–H and O–H groups in total. The Balaban J connectivity index is 2.13. The molecular weight excluding hydrogens is 328 g/mol. The van der Waals surface area contributed by atoms with Gasteiger partial charge >= 0.3 is 5.97 Å². The highest BCUT2D eigenvalue weighted by atomic mass is 32.2. The number of carboxylic acids is 1. The second-order valence-electron chi connectivity index (χ2n) is 5.14. The van der Waals surface area contributed by atoms with Crippen LogP contribution in [0.3, 0.4) is 0 Å². The van der Waals surface area contributed by atoms with Gasteiger partial charge in [-0.05, 0) is 25.8 Å². The molecule has 2 rings (SSSR count). The van der Waals surface area contributed by atoms with Crippen molar-refractivity contribution in [1.82, 2.24) is 9.62 Å². The Morgan fingerprint density at radius 1 is 1.32 bits per heavy atom. The summed E-state index contributed by atoms with van der Waals surface area (Å²) in [7, 11) is -3.57. The zero-order valence-electron chi connectivity index (χ0n) is 12.1. The standard InChI is InChI=1S/C13H18N2O5S2/c1-9(13(17)18)14-12(16)11-7-10(8-21-11)22(19,20)15-5-3-2-4-6-15/h7-9H,2-6H2,1H3,(H,14,16)(H,17,18)/t9-/m1/s1. The van der Waals surface area contributed by atoms with Gasteiger partial charge in [-0.15, -0.1) is 11.3 Å². The number of carboxylic acid groups (broad SMARTS) is 1. The van der Waals surface area contributed by atoms with Gasteiger partial charge in [0.25, 0.3) is 5.91 Å². The van der Waals surface area contributed by atoms with Crippen LogP contribution in [0.4, 0.5) is 0 Å². The molecule has 122 valence electrons. The Labute approximate surface area is 133 Å². The molecule has 0 unspecified atom stereocenters. The highest BCUT2D eigenvalue weighted by molar-refractivity contribution is 7.89. The SMILES string of the molecule is C[C@@H](NC(=O)c1cc(S(=O)(=O)N2CCCCC2)cs1)C(=O)O. The number of nitrogens with one attached hydrogen (secondary N) is 1. The minimum absolute atomic E-state index is 0.0903. The van der Waals surface area contributed by atoms with E-state index in [0.29, 0.717) is 13.1 Å². The summed E-state index contributed by atoms with van der Waals surface area (Å²) in [6.07, 6.45) is 2.70. The minimum atomic E-state index is -3.57. The van der Waals surface area contributed by atoms with Gasteiger partial charge in [-0.3, -0.25) is 9.59 Å². The number of amides is 1. The summed E-state index contributed by atoms with van der Waals surface area (Å²) in [4.78, 5) is 22.9. The van der Waals surface area contributed by atoms with E-state index in [4.69, 9.17) is 5.11 Å². The zero-order valence-corrected chi connectivity index (χ0v) is 13.7. The maximum absolute atomic E-state index is 12.5. The van der Waals surface area contributed by atoms with Crippen LogP contribution >= 0.6 is 11.3 Å².